The second kappa shape index (κ2) is 5.16. The van der Waals surface area contributed by atoms with Gasteiger partial charge in [0.15, 0.2) is 17.7 Å². The number of nitrogens with zero attached hydrogens (tertiary/aromatic N) is 4. The third-order valence-corrected chi connectivity index (χ3v) is 2.92. The van der Waals surface area contributed by atoms with E-state index >= 15 is 0 Å². The van der Waals surface area contributed by atoms with E-state index in [1.807, 2.05) is 18.2 Å². The molecule has 0 unspecified atom stereocenters. The van der Waals surface area contributed by atoms with Gasteiger partial charge in [-0.15, -0.1) is 0 Å². The molecule has 0 aromatic carbocycles. The maximum absolute atomic E-state index is 11.2. The van der Waals surface area contributed by atoms with Gasteiger partial charge in [0.05, 0.1) is 12.4 Å². The van der Waals surface area contributed by atoms with Gasteiger partial charge in [-0.05, 0) is 18.6 Å². The average molecular weight is 270 g/mol. The molecule has 0 amide bonds. The van der Waals surface area contributed by atoms with E-state index in [0.29, 0.717) is 23.0 Å². The van der Waals surface area contributed by atoms with Gasteiger partial charge in [-0.2, -0.15) is 10.1 Å². The Balaban J connectivity index is 1.95. The molecule has 6 nitrogen and oxygen atoms in total. The van der Waals surface area contributed by atoms with Crippen molar-refractivity contribution in [3.63, 3.8) is 0 Å². The van der Waals surface area contributed by atoms with E-state index < -0.39 is 0 Å². The average Bonchev–Trinajstić information content (AvgIpc) is 3.03. The molecule has 0 aliphatic heterocycles. The summed E-state index contributed by atoms with van der Waals surface area (Å²) in [4.78, 5) is 15.5. The summed E-state index contributed by atoms with van der Waals surface area (Å²) >= 11 is 0. The molecule has 0 bridgehead atoms. The highest BCUT2D eigenvalue weighted by molar-refractivity contribution is 5.78. The summed E-state index contributed by atoms with van der Waals surface area (Å²) in [5.41, 5.74) is 1.06. The van der Waals surface area contributed by atoms with E-state index in [1.165, 1.54) is 0 Å². The molecule has 6 heteroatoms. The Morgan fingerprint density at radius 2 is 2.30 bits per heavy atom. The Hall–Kier alpha value is -2.63. The summed E-state index contributed by atoms with van der Waals surface area (Å²) in [6, 6.07) is 5.52. The van der Waals surface area contributed by atoms with Crippen LogP contribution < -0.4 is 4.74 Å². The van der Waals surface area contributed by atoms with Gasteiger partial charge < -0.3 is 4.74 Å². The molecule has 20 heavy (non-hydrogen) atoms. The lowest BCUT2D eigenvalue weighted by molar-refractivity contribution is 0.111. The summed E-state index contributed by atoms with van der Waals surface area (Å²) < 4.78 is 9.16. The zero-order valence-corrected chi connectivity index (χ0v) is 11.1. The van der Waals surface area contributed by atoms with Crippen LogP contribution in [0.25, 0.3) is 5.65 Å². The number of aldehydes is 1. The quantitative estimate of drug-likeness (QED) is 0.668. The first kappa shape index (κ1) is 12.4. The predicted octanol–water partition coefficient (Wildman–Crippen LogP) is 2.55. The molecule has 0 saturated carbocycles. The maximum atomic E-state index is 11.2. The van der Waals surface area contributed by atoms with Crippen molar-refractivity contribution in [1.29, 1.82) is 0 Å². The van der Waals surface area contributed by atoms with E-state index in [4.69, 9.17) is 4.74 Å². The first-order valence-electron chi connectivity index (χ1n) is 6.44. The second-order valence-electron chi connectivity index (χ2n) is 4.39. The van der Waals surface area contributed by atoms with E-state index in [2.05, 4.69) is 17.0 Å². The molecule has 0 spiro atoms. The molecule has 3 aromatic heterocycles. The summed E-state index contributed by atoms with van der Waals surface area (Å²) in [5.74, 6) is 0.868. The normalized spacial score (nSPS) is 10.8. The minimum Gasteiger partial charge on any atom is -0.434 e. The number of fused-ring (bicyclic) bond motifs is 1. The van der Waals surface area contributed by atoms with Gasteiger partial charge >= 0.3 is 0 Å². The zero-order valence-electron chi connectivity index (χ0n) is 11.1. The van der Waals surface area contributed by atoms with Crippen LogP contribution in [0.3, 0.4) is 0 Å². The van der Waals surface area contributed by atoms with Crippen molar-refractivity contribution >= 4 is 11.9 Å². The summed E-state index contributed by atoms with van der Waals surface area (Å²) in [5, 5.41) is 4.18. The number of ether oxygens (including phenoxy) is 1. The number of hydrogen-bond donors (Lipinski definition) is 0. The summed E-state index contributed by atoms with van der Waals surface area (Å²) in [6.07, 6.45) is 6.93. The Labute approximate surface area is 115 Å². The van der Waals surface area contributed by atoms with Crippen LogP contribution in [0.15, 0.2) is 36.8 Å². The number of pyridine rings is 1. The third-order valence-electron chi connectivity index (χ3n) is 2.92. The Kier molecular flexibility index (Phi) is 3.20. The van der Waals surface area contributed by atoms with Crippen LogP contribution >= 0.6 is 0 Å². The van der Waals surface area contributed by atoms with Crippen molar-refractivity contribution < 1.29 is 9.53 Å². The van der Waals surface area contributed by atoms with Crippen molar-refractivity contribution in [2.45, 2.75) is 19.9 Å². The highest BCUT2D eigenvalue weighted by Crippen LogP contribution is 2.24. The standard InChI is InChI=1S/C14H14N4O2/c1-2-6-17-9-11(8-15-17)20-14-12(10-19)18-7-4-3-5-13(18)16-14/h3-5,7-10H,2,6H2,1H3. The fourth-order valence-corrected chi connectivity index (χ4v) is 2.04. The van der Waals surface area contributed by atoms with E-state index in [9.17, 15) is 4.79 Å². The summed E-state index contributed by atoms with van der Waals surface area (Å²) in [7, 11) is 0. The molecule has 0 aliphatic carbocycles. The SMILES string of the molecule is CCCn1cc(Oc2nc3ccccn3c2C=O)cn1. The van der Waals surface area contributed by atoms with Gasteiger partial charge in [-0.1, -0.05) is 13.0 Å². The minimum atomic E-state index is 0.294. The molecular formula is C14H14N4O2. The fourth-order valence-electron chi connectivity index (χ4n) is 2.04. The van der Waals surface area contributed by atoms with E-state index in [0.717, 1.165) is 19.3 Å². The Morgan fingerprint density at radius 1 is 1.40 bits per heavy atom. The number of imidazole rings is 1. The van der Waals surface area contributed by atoms with Crippen molar-refractivity contribution in [2.75, 3.05) is 0 Å². The lowest BCUT2D eigenvalue weighted by Crippen LogP contribution is -1.95. The largest absolute Gasteiger partial charge is 0.434 e. The predicted molar refractivity (Wildman–Crippen MR) is 73.2 cm³/mol. The minimum absolute atomic E-state index is 0.294. The molecule has 0 fully saturated rings. The lowest BCUT2D eigenvalue weighted by atomic mass is 10.4. The smallest absolute Gasteiger partial charge is 0.249 e. The Bertz CT molecular complexity index is 745. The van der Waals surface area contributed by atoms with Crippen LogP contribution in [0.2, 0.25) is 0 Å². The van der Waals surface area contributed by atoms with Crippen LogP contribution in [-0.4, -0.2) is 25.5 Å². The molecule has 0 saturated heterocycles. The maximum Gasteiger partial charge on any atom is 0.249 e. The zero-order chi connectivity index (χ0) is 13.9. The van der Waals surface area contributed by atoms with Crippen molar-refractivity contribution in [3.8, 4) is 11.6 Å². The summed E-state index contributed by atoms with van der Waals surface area (Å²) in [6.45, 7) is 2.91. The van der Waals surface area contributed by atoms with Crippen LogP contribution in [0, 0.1) is 0 Å². The van der Waals surface area contributed by atoms with Crippen LogP contribution in [-0.2, 0) is 6.54 Å². The highest BCUT2D eigenvalue weighted by atomic mass is 16.5. The second-order valence-corrected chi connectivity index (χ2v) is 4.39. The molecule has 3 heterocycles. The van der Waals surface area contributed by atoms with Gasteiger partial charge in [0.1, 0.15) is 5.65 Å². The first-order valence-corrected chi connectivity index (χ1v) is 6.44. The molecule has 0 N–H and O–H groups in total. The molecule has 0 aliphatic rings. The number of aromatic nitrogens is 4. The van der Waals surface area contributed by atoms with Gasteiger partial charge in [0, 0.05) is 12.7 Å². The Morgan fingerprint density at radius 3 is 3.10 bits per heavy atom. The third kappa shape index (κ3) is 2.16. The fraction of sp³-hybridized carbons (Fsp3) is 0.214. The molecule has 102 valence electrons. The van der Waals surface area contributed by atoms with Crippen LogP contribution in [0.4, 0.5) is 0 Å². The topological polar surface area (TPSA) is 61.4 Å². The van der Waals surface area contributed by atoms with Gasteiger partial charge in [-0.25, -0.2) is 0 Å². The number of hydrogen-bond acceptors (Lipinski definition) is 4. The number of carbonyl (C=O) groups is 1. The van der Waals surface area contributed by atoms with E-state index in [1.54, 1.807) is 27.7 Å². The molecule has 3 rings (SSSR count). The van der Waals surface area contributed by atoms with Crippen molar-refractivity contribution in [2.24, 2.45) is 0 Å². The van der Waals surface area contributed by atoms with Gasteiger partial charge in [-0.3, -0.25) is 13.9 Å². The van der Waals surface area contributed by atoms with Crippen molar-refractivity contribution in [3.05, 3.63) is 42.5 Å². The lowest BCUT2D eigenvalue weighted by Gasteiger charge is -1.99. The van der Waals surface area contributed by atoms with Crippen molar-refractivity contribution in [1.82, 2.24) is 19.2 Å². The van der Waals surface area contributed by atoms with Gasteiger partial charge in [0.25, 0.3) is 0 Å². The molecular weight excluding hydrogens is 256 g/mol. The number of aryl methyl sites for hydroxylation is 1. The van der Waals surface area contributed by atoms with Crippen LogP contribution in [0.1, 0.15) is 23.8 Å². The number of carbonyl (C=O) groups excluding carboxylic acids is 1. The molecule has 3 aromatic rings. The van der Waals surface area contributed by atoms with Gasteiger partial charge in [0.2, 0.25) is 5.88 Å². The monoisotopic (exact) mass is 270 g/mol. The highest BCUT2D eigenvalue weighted by Gasteiger charge is 2.14. The molecule has 0 radical (unpaired) electrons. The first-order chi connectivity index (χ1) is 9.81. The van der Waals surface area contributed by atoms with E-state index in [-0.39, 0.29) is 0 Å². The van der Waals surface area contributed by atoms with Crippen LogP contribution in [0.5, 0.6) is 11.6 Å². The molecule has 0 atom stereocenters. The number of rotatable bonds is 5.